The molecule has 0 aliphatic carbocycles. The maximum atomic E-state index is 12.1. The molecule has 0 saturated carbocycles. The smallest absolute Gasteiger partial charge is 0.326 e. The van der Waals surface area contributed by atoms with Crippen molar-refractivity contribution in [3.63, 3.8) is 0 Å². The van der Waals surface area contributed by atoms with Crippen LogP contribution in [-0.4, -0.2) is 28.0 Å². The summed E-state index contributed by atoms with van der Waals surface area (Å²) < 4.78 is 0. The SMILES string of the molecule is N#CCC[C@@H](NC(=O)c1cnc2ccccc2c1)C(=O)O. The summed E-state index contributed by atoms with van der Waals surface area (Å²) in [7, 11) is 0. The second-order valence-corrected chi connectivity index (χ2v) is 4.48. The topological polar surface area (TPSA) is 103 Å². The summed E-state index contributed by atoms with van der Waals surface area (Å²) >= 11 is 0. The number of carbonyl (C=O) groups excluding carboxylic acids is 1. The van der Waals surface area contributed by atoms with Crippen LogP contribution >= 0.6 is 0 Å². The maximum Gasteiger partial charge on any atom is 0.326 e. The molecule has 0 spiro atoms. The molecule has 0 unspecified atom stereocenters. The number of hydrogen-bond acceptors (Lipinski definition) is 4. The lowest BCUT2D eigenvalue weighted by atomic mass is 10.1. The molecule has 21 heavy (non-hydrogen) atoms. The third-order valence-corrected chi connectivity index (χ3v) is 3.00. The summed E-state index contributed by atoms with van der Waals surface area (Å²) in [5, 5.41) is 20.7. The minimum atomic E-state index is -1.16. The van der Waals surface area contributed by atoms with Crippen LogP contribution in [-0.2, 0) is 4.79 Å². The first kappa shape index (κ1) is 14.5. The molecule has 6 nitrogen and oxygen atoms in total. The van der Waals surface area contributed by atoms with Gasteiger partial charge in [0.05, 0.1) is 17.1 Å². The minimum Gasteiger partial charge on any atom is -0.480 e. The molecule has 0 radical (unpaired) electrons. The molecular weight excluding hydrogens is 270 g/mol. The molecule has 1 atom stereocenters. The number of amides is 1. The van der Waals surface area contributed by atoms with E-state index in [9.17, 15) is 9.59 Å². The molecule has 0 aliphatic heterocycles. The van der Waals surface area contributed by atoms with E-state index in [0.29, 0.717) is 0 Å². The molecule has 106 valence electrons. The van der Waals surface area contributed by atoms with E-state index in [4.69, 9.17) is 10.4 Å². The molecule has 6 heteroatoms. The Morgan fingerprint density at radius 2 is 2.14 bits per heavy atom. The van der Waals surface area contributed by atoms with Crippen molar-refractivity contribution < 1.29 is 14.7 Å². The van der Waals surface area contributed by atoms with Gasteiger partial charge in [-0.15, -0.1) is 0 Å². The van der Waals surface area contributed by atoms with Crippen LogP contribution < -0.4 is 5.32 Å². The fraction of sp³-hybridized carbons (Fsp3) is 0.200. The molecule has 0 bridgehead atoms. The number of carbonyl (C=O) groups is 2. The van der Waals surface area contributed by atoms with Crippen molar-refractivity contribution in [2.24, 2.45) is 0 Å². The standard InChI is InChI=1S/C15H13N3O3/c16-7-3-6-13(15(20)21)18-14(19)11-8-10-4-1-2-5-12(10)17-9-11/h1-2,4-5,8-9,13H,3,6H2,(H,18,19)(H,20,21)/t13-/m1/s1. The number of para-hydroxylation sites is 1. The highest BCUT2D eigenvalue weighted by Gasteiger charge is 2.20. The maximum absolute atomic E-state index is 12.1. The van der Waals surface area contributed by atoms with Gasteiger partial charge in [0, 0.05) is 18.0 Å². The van der Waals surface area contributed by atoms with Crippen LogP contribution in [0.2, 0.25) is 0 Å². The third-order valence-electron chi connectivity index (χ3n) is 3.00. The monoisotopic (exact) mass is 283 g/mol. The van der Waals surface area contributed by atoms with Gasteiger partial charge in [0.15, 0.2) is 0 Å². The Labute approximate surface area is 121 Å². The first-order valence-electron chi connectivity index (χ1n) is 6.37. The molecule has 0 saturated heterocycles. The van der Waals surface area contributed by atoms with E-state index in [2.05, 4.69) is 10.3 Å². The first-order valence-corrected chi connectivity index (χ1v) is 6.37. The van der Waals surface area contributed by atoms with Crippen LogP contribution in [0.5, 0.6) is 0 Å². The number of benzene rings is 1. The Balaban J connectivity index is 2.17. The summed E-state index contributed by atoms with van der Waals surface area (Å²) in [6, 6.07) is 9.76. The Bertz CT molecular complexity index is 721. The van der Waals surface area contributed by atoms with Crippen molar-refractivity contribution in [3.8, 4) is 6.07 Å². The van der Waals surface area contributed by atoms with E-state index < -0.39 is 17.9 Å². The molecule has 2 aromatic rings. The average Bonchev–Trinajstić information content (AvgIpc) is 2.50. The van der Waals surface area contributed by atoms with Gasteiger partial charge in [-0.3, -0.25) is 9.78 Å². The number of carboxylic acids is 1. The number of hydrogen-bond donors (Lipinski definition) is 2. The summed E-state index contributed by atoms with van der Waals surface area (Å²) in [6.45, 7) is 0. The predicted molar refractivity (Wildman–Crippen MR) is 75.5 cm³/mol. The minimum absolute atomic E-state index is 0.0627. The van der Waals surface area contributed by atoms with Gasteiger partial charge in [0.2, 0.25) is 0 Å². The summed E-state index contributed by atoms with van der Waals surface area (Å²) in [5.74, 6) is -1.68. The van der Waals surface area contributed by atoms with Crippen molar-refractivity contribution in [1.29, 1.82) is 5.26 Å². The number of aliphatic carboxylic acids is 1. The molecule has 1 aromatic heterocycles. The number of pyridine rings is 1. The fourth-order valence-corrected chi connectivity index (χ4v) is 1.90. The Kier molecular flexibility index (Phi) is 4.46. The van der Waals surface area contributed by atoms with E-state index in [1.165, 1.54) is 6.20 Å². The lowest BCUT2D eigenvalue weighted by Gasteiger charge is -2.13. The molecule has 2 N–H and O–H groups in total. The largest absolute Gasteiger partial charge is 0.480 e. The highest BCUT2D eigenvalue weighted by atomic mass is 16.4. The lowest BCUT2D eigenvalue weighted by Crippen LogP contribution is -2.40. The van der Waals surface area contributed by atoms with Gasteiger partial charge in [-0.1, -0.05) is 18.2 Å². The summed E-state index contributed by atoms with van der Waals surface area (Å²) in [5.41, 5.74) is 1.05. The van der Waals surface area contributed by atoms with E-state index in [-0.39, 0.29) is 18.4 Å². The Morgan fingerprint density at radius 1 is 1.38 bits per heavy atom. The molecule has 0 fully saturated rings. The van der Waals surface area contributed by atoms with Crippen LogP contribution in [0.4, 0.5) is 0 Å². The second-order valence-electron chi connectivity index (χ2n) is 4.48. The molecule has 2 rings (SSSR count). The normalized spacial score (nSPS) is 11.6. The number of aromatic nitrogens is 1. The van der Waals surface area contributed by atoms with Gasteiger partial charge in [-0.05, 0) is 18.6 Å². The fourth-order valence-electron chi connectivity index (χ4n) is 1.90. The highest BCUT2D eigenvalue weighted by Crippen LogP contribution is 2.13. The van der Waals surface area contributed by atoms with Crippen LogP contribution in [0.3, 0.4) is 0 Å². The molecule has 0 aliphatic rings. The highest BCUT2D eigenvalue weighted by molar-refractivity contribution is 5.99. The Morgan fingerprint density at radius 3 is 2.86 bits per heavy atom. The van der Waals surface area contributed by atoms with Crippen molar-refractivity contribution in [2.75, 3.05) is 0 Å². The van der Waals surface area contributed by atoms with E-state index in [1.54, 1.807) is 6.07 Å². The molecule has 1 heterocycles. The summed E-state index contributed by atoms with van der Waals surface area (Å²) in [4.78, 5) is 27.3. The second kappa shape index (κ2) is 6.48. The zero-order chi connectivity index (χ0) is 15.2. The van der Waals surface area contributed by atoms with Gasteiger partial charge in [-0.2, -0.15) is 5.26 Å². The number of nitriles is 1. The molecule has 1 amide bonds. The zero-order valence-corrected chi connectivity index (χ0v) is 11.1. The van der Waals surface area contributed by atoms with Crippen molar-refractivity contribution in [3.05, 3.63) is 42.1 Å². The van der Waals surface area contributed by atoms with Gasteiger partial charge < -0.3 is 10.4 Å². The molecular formula is C15H13N3O3. The van der Waals surface area contributed by atoms with E-state index in [0.717, 1.165) is 10.9 Å². The van der Waals surface area contributed by atoms with Gasteiger partial charge >= 0.3 is 5.97 Å². The predicted octanol–water partition coefficient (Wildman–Crippen LogP) is 1.72. The number of rotatable bonds is 5. The van der Waals surface area contributed by atoms with E-state index in [1.807, 2.05) is 30.3 Å². The summed E-state index contributed by atoms with van der Waals surface area (Å²) in [6.07, 6.45) is 1.53. The third kappa shape index (κ3) is 3.54. The number of nitrogens with zero attached hydrogens (tertiary/aromatic N) is 2. The number of carboxylic acid groups (broad SMARTS) is 1. The lowest BCUT2D eigenvalue weighted by molar-refractivity contribution is -0.139. The molecule has 1 aromatic carbocycles. The zero-order valence-electron chi connectivity index (χ0n) is 11.1. The van der Waals surface area contributed by atoms with Crippen molar-refractivity contribution in [2.45, 2.75) is 18.9 Å². The van der Waals surface area contributed by atoms with Crippen LogP contribution in [0.1, 0.15) is 23.2 Å². The number of fused-ring (bicyclic) bond motifs is 1. The van der Waals surface area contributed by atoms with Gasteiger partial charge in [0.1, 0.15) is 6.04 Å². The average molecular weight is 283 g/mol. The quantitative estimate of drug-likeness (QED) is 0.869. The van der Waals surface area contributed by atoms with Crippen LogP contribution in [0.15, 0.2) is 36.5 Å². The first-order chi connectivity index (χ1) is 10.1. The number of nitrogens with one attached hydrogen (secondary N) is 1. The van der Waals surface area contributed by atoms with Crippen molar-refractivity contribution >= 4 is 22.8 Å². The van der Waals surface area contributed by atoms with Crippen molar-refractivity contribution in [1.82, 2.24) is 10.3 Å². The van der Waals surface area contributed by atoms with E-state index >= 15 is 0 Å². The van der Waals surface area contributed by atoms with Crippen LogP contribution in [0, 0.1) is 11.3 Å². The van der Waals surface area contributed by atoms with Gasteiger partial charge in [-0.25, -0.2) is 4.79 Å². The van der Waals surface area contributed by atoms with Gasteiger partial charge in [0.25, 0.3) is 5.91 Å². The van der Waals surface area contributed by atoms with Crippen LogP contribution in [0.25, 0.3) is 10.9 Å². The Hall–Kier alpha value is -2.94.